The van der Waals surface area contributed by atoms with Gasteiger partial charge in [-0.3, -0.25) is 9.59 Å². The van der Waals surface area contributed by atoms with Crippen LogP contribution >= 0.6 is 0 Å². The van der Waals surface area contributed by atoms with Crippen LogP contribution in [0.25, 0.3) is 0 Å². The number of aromatic nitrogens is 2. The molecule has 2 aliphatic rings. The van der Waals surface area contributed by atoms with Gasteiger partial charge >= 0.3 is 0 Å². The summed E-state index contributed by atoms with van der Waals surface area (Å²) in [7, 11) is 1.56. The van der Waals surface area contributed by atoms with Gasteiger partial charge in [0.2, 0.25) is 17.8 Å². The summed E-state index contributed by atoms with van der Waals surface area (Å²) in [5, 5.41) is 5.58. The molecule has 0 aliphatic carbocycles. The predicted octanol–water partition coefficient (Wildman–Crippen LogP) is 2.12. The summed E-state index contributed by atoms with van der Waals surface area (Å²) in [4.78, 5) is 36.3. The molecule has 2 aromatic rings. The van der Waals surface area contributed by atoms with Crippen LogP contribution in [-0.4, -0.2) is 42.0 Å². The molecular weight excluding hydrogens is 372 g/mol. The standard InChI is InChI=1S/C20H24N6O3/c1-29-13-7-5-6-12(10-13)22-19(28)14-11-15(27)23-18-16(14)17(21)24-20(25-18)26-8-3-2-4-9-26/h5-7,10,14H,2-4,8-9,11H2,1H3,(H,22,28)(H3,21,23,24,25,27)/t14-/m1/s1. The third-order valence-corrected chi connectivity index (χ3v) is 5.25. The summed E-state index contributed by atoms with van der Waals surface area (Å²) in [5.74, 6) is 0.289. The lowest BCUT2D eigenvalue weighted by atomic mass is 9.92. The number of amides is 2. The second-order valence-electron chi connectivity index (χ2n) is 7.24. The third kappa shape index (κ3) is 3.94. The number of fused-ring (bicyclic) bond motifs is 1. The van der Waals surface area contributed by atoms with Gasteiger partial charge in [-0.2, -0.15) is 9.97 Å². The van der Waals surface area contributed by atoms with E-state index >= 15 is 0 Å². The van der Waals surface area contributed by atoms with Gasteiger partial charge in [-0.15, -0.1) is 0 Å². The van der Waals surface area contributed by atoms with Gasteiger partial charge in [0.05, 0.1) is 18.6 Å². The number of carbonyl (C=O) groups is 2. The van der Waals surface area contributed by atoms with E-state index in [2.05, 4.69) is 25.5 Å². The average Bonchev–Trinajstić information content (AvgIpc) is 2.73. The van der Waals surface area contributed by atoms with E-state index in [4.69, 9.17) is 10.5 Å². The van der Waals surface area contributed by atoms with Crippen molar-refractivity contribution in [3.8, 4) is 5.75 Å². The van der Waals surface area contributed by atoms with Gasteiger partial charge in [-0.25, -0.2) is 0 Å². The summed E-state index contributed by atoms with van der Waals surface area (Å²) in [6.07, 6.45) is 3.30. The lowest BCUT2D eigenvalue weighted by molar-refractivity contribution is -0.123. The third-order valence-electron chi connectivity index (χ3n) is 5.25. The number of anilines is 4. The average molecular weight is 396 g/mol. The first-order chi connectivity index (χ1) is 14.0. The largest absolute Gasteiger partial charge is 0.497 e. The molecule has 0 radical (unpaired) electrons. The fourth-order valence-corrected chi connectivity index (χ4v) is 3.77. The highest BCUT2D eigenvalue weighted by Gasteiger charge is 2.35. The van der Waals surface area contributed by atoms with Crippen molar-refractivity contribution in [1.82, 2.24) is 9.97 Å². The molecule has 1 aromatic heterocycles. The van der Waals surface area contributed by atoms with E-state index in [-0.39, 0.29) is 24.1 Å². The van der Waals surface area contributed by atoms with E-state index in [1.54, 1.807) is 31.4 Å². The number of nitrogens with zero attached hydrogens (tertiary/aromatic N) is 3. The number of carbonyl (C=O) groups excluding carboxylic acids is 2. The molecule has 4 rings (SSSR count). The molecule has 0 unspecified atom stereocenters. The molecule has 2 aliphatic heterocycles. The Morgan fingerprint density at radius 1 is 1.28 bits per heavy atom. The molecule has 0 saturated carbocycles. The quantitative estimate of drug-likeness (QED) is 0.723. The summed E-state index contributed by atoms with van der Waals surface area (Å²) >= 11 is 0. The Labute approximate surface area is 168 Å². The summed E-state index contributed by atoms with van der Waals surface area (Å²) in [6.45, 7) is 1.71. The second-order valence-corrected chi connectivity index (χ2v) is 7.24. The van der Waals surface area contributed by atoms with E-state index in [0.29, 0.717) is 28.8 Å². The molecule has 3 heterocycles. The van der Waals surface area contributed by atoms with Gasteiger partial charge in [0, 0.05) is 31.3 Å². The molecule has 9 nitrogen and oxygen atoms in total. The highest BCUT2D eigenvalue weighted by Crippen LogP contribution is 2.37. The predicted molar refractivity (Wildman–Crippen MR) is 110 cm³/mol. The zero-order chi connectivity index (χ0) is 20.4. The zero-order valence-corrected chi connectivity index (χ0v) is 16.3. The monoisotopic (exact) mass is 396 g/mol. The van der Waals surface area contributed by atoms with Gasteiger partial charge < -0.3 is 26.0 Å². The van der Waals surface area contributed by atoms with Crippen molar-refractivity contribution < 1.29 is 14.3 Å². The molecule has 1 aromatic carbocycles. The topological polar surface area (TPSA) is 122 Å². The number of nitrogens with one attached hydrogen (secondary N) is 2. The second kappa shape index (κ2) is 7.94. The van der Waals surface area contributed by atoms with Crippen molar-refractivity contribution in [3.63, 3.8) is 0 Å². The van der Waals surface area contributed by atoms with Crippen LogP contribution in [0.15, 0.2) is 24.3 Å². The van der Waals surface area contributed by atoms with Crippen molar-refractivity contribution in [2.75, 3.05) is 41.5 Å². The van der Waals surface area contributed by atoms with Crippen LogP contribution in [0.3, 0.4) is 0 Å². The molecule has 4 N–H and O–H groups in total. The number of nitrogen functional groups attached to an aromatic ring is 1. The molecule has 1 saturated heterocycles. The first-order valence-corrected chi connectivity index (χ1v) is 9.72. The summed E-state index contributed by atoms with van der Waals surface area (Å²) in [5.41, 5.74) is 7.27. The summed E-state index contributed by atoms with van der Waals surface area (Å²) in [6, 6.07) is 7.02. The molecule has 9 heteroatoms. The highest BCUT2D eigenvalue weighted by molar-refractivity contribution is 6.05. The number of ether oxygens (including phenoxy) is 1. The Balaban J connectivity index is 1.62. The number of piperidine rings is 1. The maximum absolute atomic E-state index is 13.0. The van der Waals surface area contributed by atoms with E-state index in [1.165, 1.54) is 6.42 Å². The first-order valence-electron chi connectivity index (χ1n) is 9.72. The number of benzene rings is 1. The number of hydrogen-bond donors (Lipinski definition) is 3. The molecule has 29 heavy (non-hydrogen) atoms. The minimum absolute atomic E-state index is 0.0145. The Morgan fingerprint density at radius 3 is 2.83 bits per heavy atom. The number of rotatable bonds is 4. The van der Waals surface area contributed by atoms with E-state index < -0.39 is 5.92 Å². The first kappa shape index (κ1) is 19.0. The Bertz CT molecular complexity index is 942. The molecule has 1 atom stereocenters. The van der Waals surface area contributed by atoms with Gasteiger partial charge in [0.15, 0.2) is 0 Å². The summed E-state index contributed by atoms with van der Waals surface area (Å²) < 4.78 is 5.19. The minimum Gasteiger partial charge on any atom is -0.497 e. The maximum atomic E-state index is 13.0. The SMILES string of the molecule is COc1cccc(NC(=O)[C@@H]2CC(=O)Nc3nc(N4CCCCC4)nc(N)c32)c1. The minimum atomic E-state index is -0.764. The fourth-order valence-electron chi connectivity index (χ4n) is 3.77. The number of hydrogen-bond acceptors (Lipinski definition) is 7. The highest BCUT2D eigenvalue weighted by atomic mass is 16.5. The van der Waals surface area contributed by atoms with Crippen LogP contribution in [0.5, 0.6) is 5.75 Å². The number of nitrogens with two attached hydrogens (primary N) is 1. The van der Waals surface area contributed by atoms with E-state index in [0.717, 1.165) is 25.9 Å². The van der Waals surface area contributed by atoms with Crippen molar-refractivity contribution in [2.45, 2.75) is 31.6 Å². The molecule has 0 bridgehead atoms. The van der Waals surface area contributed by atoms with Crippen LogP contribution in [-0.2, 0) is 9.59 Å². The van der Waals surface area contributed by atoms with Crippen molar-refractivity contribution in [3.05, 3.63) is 29.8 Å². The van der Waals surface area contributed by atoms with E-state index in [9.17, 15) is 9.59 Å². The number of methoxy groups -OCH3 is 1. The maximum Gasteiger partial charge on any atom is 0.232 e. The Kier molecular flexibility index (Phi) is 5.20. The lowest BCUT2D eigenvalue weighted by Gasteiger charge is -2.30. The Morgan fingerprint density at radius 2 is 2.07 bits per heavy atom. The van der Waals surface area contributed by atoms with Gasteiger partial charge in [0.25, 0.3) is 0 Å². The van der Waals surface area contributed by atoms with Gasteiger partial charge in [0.1, 0.15) is 17.4 Å². The van der Waals surface area contributed by atoms with Crippen LogP contribution in [0.1, 0.15) is 37.2 Å². The van der Waals surface area contributed by atoms with Crippen LogP contribution in [0.4, 0.5) is 23.3 Å². The molecule has 152 valence electrons. The smallest absolute Gasteiger partial charge is 0.232 e. The van der Waals surface area contributed by atoms with Crippen LogP contribution in [0, 0.1) is 0 Å². The molecule has 0 spiro atoms. The van der Waals surface area contributed by atoms with Crippen molar-refractivity contribution >= 4 is 35.1 Å². The van der Waals surface area contributed by atoms with Crippen molar-refractivity contribution in [2.24, 2.45) is 0 Å². The fraction of sp³-hybridized carbons (Fsp3) is 0.400. The normalized spacial score (nSPS) is 18.6. The van der Waals surface area contributed by atoms with Crippen LogP contribution in [0.2, 0.25) is 0 Å². The van der Waals surface area contributed by atoms with Crippen molar-refractivity contribution in [1.29, 1.82) is 0 Å². The molecular formula is C20H24N6O3. The Hall–Kier alpha value is -3.36. The van der Waals surface area contributed by atoms with Gasteiger partial charge in [-0.05, 0) is 31.4 Å². The lowest BCUT2D eigenvalue weighted by Crippen LogP contribution is -2.35. The molecule has 1 fully saturated rings. The van der Waals surface area contributed by atoms with Gasteiger partial charge in [-0.1, -0.05) is 6.07 Å². The van der Waals surface area contributed by atoms with E-state index in [1.807, 2.05) is 0 Å². The van der Waals surface area contributed by atoms with Crippen LogP contribution < -0.4 is 26.0 Å². The molecule has 2 amide bonds. The zero-order valence-electron chi connectivity index (χ0n) is 16.3.